The van der Waals surface area contributed by atoms with Crippen molar-refractivity contribution in [2.75, 3.05) is 7.05 Å². The van der Waals surface area contributed by atoms with E-state index in [1.807, 2.05) is 58.4 Å². The molecule has 0 bridgehead atoms. The molecule has 0 saturated heterocycles. The largest absolute Gasteiger partial charge is 0.361 e. The van der Waals surface area contributed by atoms with Crippen LogP contribution in [0.3, 0.4) is 0 Å². The van der Waals surface area contributed by atoms with Gasteiger partial charge in [-0.25, -0.2) is 0 Å². The molecule has 0 unspecified atom stereocenters. The molecule has 3 rings (SSSR count). The van der Waals surface area contributed by atoms with Crippen molar-refractivity contribution < 1.29 is 9.32 Å². The van der Waals surface area contributed by atoms with Crippen LogP contribution < -0.4 is 0 Å². The quantitative estimate of drug-likeness (QED) is 0.621. The molecule has 0 atom stereocenters. The van der Waals surface area contributed by atoms with Crippen LogP contribution in [0.5, 0.6) is 0 Å². The Morgan fingerprint density at radius 2 is 2.08 bits per heavy atom. The smallest absolute Gasteiger partial charge is 0.255 e. The van der Waals surface area contributed by atoms with Crippen LogP contribution in [0.4, 0.5) is 0 Å². The van der Waals surface area contributed by atoms with E-state index in [4.69, 9.17) is 4.52 Å². The molecule has 2 heterocycles. The van der Waals surface area contributed by atoms with Crippen LogP contribution in [0.25, 0.3) is 0 Å². The predicted octanol–water partition coefficient (Wildman–Crippen LogP) is 3.59. The molecule has 0 aliphatic heterocycles. The maximum absolute atomic E-state index is 12.9. The van der Waals surface area contributed by atoms with E-state index in [1.165, 1.54) is 0 Å². The van der Waals surface area contributed by atoms with Gasteiger partial charge in [-0.05, 0) is 26.0 Å². The normalized spacial score (nSPS) is 10.9. The van der Waals surface area contributed by atoms with E-state index in [1.54, 1.807) is 27.5 Å². The van der Waals surface area contributed by atoms with Crippen LogP contribution >= 0.6 is 11.8 Å². The van der Waals surface area contributed by atoms with Crippen molar-refractivity contribution in [3.63, 3.8) is 0 Å². The summed E-state index contributed by atoms with van der Waals surface area (Å²) in [4.78, 5) is 15.6. The first-order valence-electron chi connectivity index (χ1n) is 8.32. The van der Waals surface area contributed by atoms with E-state index < -0.39 is 0 Å². The SMILES string of the molecule is Cc1noc(C)c1CSc1ccccc1C(=O)N(C)Cc1cnn(C)c1. The lowest BCUT2D eigenvalue weighted by molar-refractivity contribution is 0.0781. The Balaban J connectivity index is 1.74. The number of hydrogen-bond acceptors (Lipinski definition) is 5. The highest BCUT2D eigenvalue weighted by atomic mass is 32.2. The minimum absolute atomic E-state index is 0.00397. The maximum atomic E-state index is 12.9. The number of aromatic nitrogens is 3. The molecule has 0 fully saturated rings. The summed E-state index contributed by atoms with van der Waals surface area (Å²) >= 11 is 1.63. The topological polar surface area (TPSA) is 64.2 Å². The van der Waals surface area contributed by atoms with Gasteiger partial charge in [-0.15, -0.1) is 11.8 Å². The maximum Gasteiger partial charge on any atom is 0.255 e. The minimum atomic E-state index is -0.00397. The lowest BCUT2D eigenvalue weighted by atomic mass is 10.2. The lowest BCUT2D eigenvalue weighted by Crippen LogP contribution is -2.26. The van der Waals surface area contributed by atoms with Gasteiger partial charge in [-0.1, -0.05) is 17.3 Å². The van der Waals surface area contributed by atoms with Gasteiger partial charge in [0.1, 0.15) is 5.76 Å². The van der Waals surface area contributed by atoms with E-state index >= 15 is 0 Å². The molecule has 0 aliphatic rings. The van der Waals surface area contributed by atoms with Crippen molar-refractivity contribution in [2.45, 2.75) is 31.0 Å². The van der Waals surface area contributed by atoms with Gasteiger partial charge < -0.3 is 9.42 Å². The summed E-state index contributed by atoms with van der Waals surface area (Å²) < 4.78 is 6.96. The Labute approximate surface area is 157 Å². The molecule has 0 N–H and O–H groups in total. The van der Waals surface area contributed by atoms with Gasteiger partial charge in [0.05, 0.1) is 17.5 Å². The number of thioether (sulfide) groups is 1. The fourth-order valence-corrected chi connectivity index (χ4v) is 3.93. The average Bonchev–Trinajstić information content (AvgIpc) is 3.18. The minimum Gasteiger partial charge on any atom is -0.361 e. The average molecular weight is 370 g/mol. The van der Waals surface area contributed by atoms with Crippen LogP contribution in [0.1, 0.15) is 32.9 Å². The zero-order valence-corrected chi connectivity index (χ0v) is 16.2. The molecule has 1 aromatic carbocycles. The number of benzene rings is 1. The number of nitrogens with zero attached hydrogens (tertiary/aromatic N) is 4. The molecule has 1 amide bonds. The van der Waals surface area contributed by atoms with Gasteiger partial charge >= 0.3 is 0 Å². The third kappa shape index (κ3) is 3.99. The van der Waals surface area contributed by atoms with Crippen molar-refractivity contribution in [2.24, 2.45) is 7.05 Å². The van der Waals surface area contributed by atoms with Crippen molar-refractivity contribution in [3.8, 4) is 0 Å². The van der Waals surface area contributed by atoms with Gasteiger partial charge in [-0.3, -0.25) is 9.48 Å². The molecule has 7 heteroatoms. The van der Waals surface area contributed by atoms with Crippen molar-refractivity contribution >= 4 is 17.7 Å². The molecule has 2 aromatic heterocycles. The number of amides is 1. The molecule has 6 nitrogen and oxygen atoms in total. The summed E-state index contributed by atoms with van der Waals surface area (Å²) in [5.74, 6) is 1.54. The van der Waals surface area contributed by atoms with Crippen LogP contribution in [0.15, 0.2) is 46.1 Å². The predicted molar refractivity (Wildman–Crippen MR) is 101 cm³/mol. The second-order valence-corrected chi connectivity index (χ2v) is 7.29. The van der Waals surface area contributed by atoms with E-state index in [0.717, 1.165) is 33.2 Å². The van der Waals surface area contributed by atoms with Gasteiger partial charge in [0.2, 0.25) is 0 Å². The third-order valence-corrected chi connectivity index (χ3v) is 5.30. The highest BCUT2D eigenvalue weighted by Crippen LogP contribution is 2.29. The zero-order valence-electron chi connectivity index (χ0n) is 15.4. The van der Waals surface area contributed by atoms with Gasteiger partial charge in [0, 0.05) is 48.6 Å². The Hall–Kier alpha value is -2.54. The number of hydrogen-bond donors (Lipinski definition) is 0. The Bertz CT molecular complexity index is 896. The van der Waals surface area contributed by atoms with Crippen LogP contribution in [-0.2, 0) is 19.3 Å². The van der Waals surface area contributed by atoms with E-state index in [9.17, 15) is 4.79 Å². The Morgan fingerprint density at radius 1 is 1.31 bits per heavy atom. The second kappa shape index (κ2) is 7.78. The fourth-order valence-electron chi connectivity index (χ4n) is 2.73. The molecule has 3 aromatic rings. The zero-order chi connectivity index (χ0) is 18.7. The number of rotatable bonds is 6. The number of aryl methyl sites for hydroxylation is 3. The van der Waals surface area contributed by atoms with E-state index in [2.05, 4.69) is 10.3 Å². The second-order valence-electron chi connectivity index (χ2n) is 6.27. The Kier molecular flexibility index (Phi) is 5.46. The monoisotopic (exact) mass is 370 g/mol. The Morgan fingerprint density at radius 3 is 2.73 bits per heavy atom. The summed E-state index contributed by atoms with van der Waals surface area (Å²) in [6, 6.07) is 7.70. The van der Waals surface area contributed by atoms with Gasteiger partial charge in [-0.2, -0.15) is 5.10 Å². The standard InChI is InChI=1S/C19H22N4O2S/c1-13-17(14(2)25-21-13)12-26-18-8-6-5-7-16(18)19(24)22(3)10-15-9-20-23(4)11-15/h5-9,11H,10,12H2,1-4H3. The van der Waals surface area contributed by atoms with Crippen molar-refractivity contribution in [1.29, 1.82) is 0 Å². The summed E-state index contributed by atoms with van der Waals surface area (Å²) in [7, 11) is 3.68. The highest BCUT2D eigenvalue weighted by Gasteiger charge is 2.18. The van der Waals surface area contributed by atoms with E-state index in [-0.39, 0.29) is 5.91 Å². The first-order valence-corrected chi connectivity index (χ1v) is 9.31. The highest BCUT2D eigenvalue weighted by molar-refractivity contribution is 7.98. The summed E-state index contributed by atoms with van der Waals surface area (Å²) in [5.41, 5.74) is 3.69. The summed E-state index contributed by atoms with van der Waals surface area (Å²) in [6.07, 6.45) is 3.70. The van der Waals surface area contributed by atoms with E-state index in [0.29, 0.717) is 12.1 Å². The van der Waals surface area contributed by atoms with Crippen molar-refractivity contribution in [1.82, 2.24) is 19.8 Å². The summed E-state index contributed by atoms with van der Waals surface area (Å²) in [5, 5.41) is 8.15. The fraction of sp³-hybridized carbons (Fsp3) is 0.316. The van der Waals surface area contributed by atoms with Crippen LogP contribution in [0, 0.1) is 13.8 Å². The molecule has 0 spiro atoms. The number of carbonyl (C=O) groups is 1. The molecule has 0 saturated carbocycles. The molecular weight excluding hydrogens is 348 g/mol. The third-order valence-electron chi connectivity index (χ3n) is 4.20. The first kappa shape index (κ1) is 18.3. The van der Waals surface area contributed by atoms with Gasteiger partial charge in [0.15, 0.2) is 0 Å². The molecule has 0 aliphatic carbocycles. The molecular formula is C19H22N4O2S. The number of carbonyl (C=O) groups excluding carboxylic acids is 1. The lowest BCUT2D eigenvalue weighted by Gasteiger charge is -2.18. The molecule has 136 valence electrons. The van der Waals surface area contributed by atoms with Crippen LogP contribution in [0.2, 0.25) is 0 Å². The molecule has 26 heavy (non-hydrogen) atoms. The first-order chi connectivity index (χ1) is 12.5. The van der Waals surface area contributed by atoms with Crippen molar-refractivity contribution in [3.05, 3.63) is 64.8 Å². The summed E-state index contributed by atoms with van der Waals surface area (Å²) in [6.45, 7) is 4.37. The van der Waals surface area contributed by atoms with Gasteiger partial charge in [0.25, 0.3) is 5.91 Å². The van der Waals surface area contributed by atoms with Crippen LogP contribution in [-0.4, -0.2) is 32.8 Å². The molecule has 0 radical (unpaired) electrons.